The number of carbonyl (C=O) groups excluding carboxylic acids is 1. The molecule has 1 aliphatic carbocycles. The van der Waals surface area contributed by atoms with Crippen molar-refractivity contribution in [3.05, 3.63) is 37.5 Å². The number of aryl methyl sites for hydroxylation is 2. The number of rotatable bonds is 4. The fourth-order valence-corrected chi connectivity index (χ4v) is 5.50. The summed E-state index contributed by atoms with van der Waals surface area (Å²) in [6, 6.07) is 2.31. The Labute approximate surface area is 186 Å². The standard InChI is InChI=1S/C22H29N5O3S/c1-15-21(27(29)30)16(2)26(25-15)14-20(28)24-22-18(13-23)17-11-9-7-5-3-4-6-8-10-12-19(17)31-22/h3-12,14H2,1-2H3,(H,24,28). The van der Waals surface area contributed by atoms with Gasteiger partial charge < -0.3 is 5.32 Å². The zero-order valence-electron chi connectivity index (χ0n) is 18.2. The lowest BCUT2D eigenvalue weighted by Crippen LogP contribution is -2.20. The smallest absolute Gasteiger partial charge is 0.312 e. The molecule has 0 aromatic carbocycles. The summed E-state index contributed by atoms with van der Waals surface area (Å²) < 4.78 is 1.35. The van der Waals surface area contributed by atoms with Crippen LogP contribution < -0.4 is 5.32 Å². The number of amides is 1. The highest BCUT2D eigenvalue weighted by molar-refractivity contribution is 7.16. The van der Waals surface area contributed by atoms with Crippen molar-refractivity contribution in [3.63, 3.8) is 0 Å². The lowest BCUT2D eigenvalue weighted by atomic mass is 9.98. The molecule has 1 aliphatic rings. The fraction of sp³-hybridized carbons (Fsp3) is 0.591. The molecular formula is C22H29N5O3S. The molecule has 2 aromatic rings. The molecule has 0 saturated heterocycles. The third kappa shape index (κ3) is 5.50. The van der Waals surface area contributed by atoms with Crippen molar-refractivity contribution in [2.75, 3.05) is 5.32 Å². The van der Waals surface area contributed by atoms with E-state index in [1.165, 1.54) is 59.4 Å². The van der Waals surface area contributed by atoms with Gasteiger partial charge in [-0.25, -0.2) is 0 Å². The number of hydrogen-bond acceptors (Lipinski definition) is 6. The zero-order chi connectivity index (χ0) is 22.4. The van der Waals surface area contributed by atoms with Crippen LogP contribution in [0.2, 0.25) is 0 Å². The van der Waals surface area contributed by atoms with E-state index in [1.807, 2.05) is 0 Å². The summed E-state index contributed by atoms with van der Waals surface area (Å²) in [4.78, 5) is 24.6. The van der Waals surface area contributed by atoms with E-state index in [9.17, 15) is 20.2 Å². The molecule has 31 heavy (non-hydrogen) atoms. The molecule has 2 aromatic heterocycles. The first-order valence-corrected chi connectivity index (χ1v) is 11.8. The van der Waals surface area contributed by atoms with Gasteiger partial charge in [-0.2, -0.15) is 10.4 Å². The molecule has 2 heterocycles. The monoisotopic (exact) mass is 443 g/mol. The van der Waals surface area contributed by atoms with E-state index in [0.29, 0.717) is 16.3 Å². The van der Waals surface area contributed by atoms with Gasteiger partial charge in [0.15, 0.2) is 0 Å². The second-order valence-corrected chi connectivity index (χ2v) is 9.24. The summed E-state index contributed by atoms with van der Waals surface area (Å²) >= 11 is 1.50. The van der Waals surface area contributed by atoms with Crippen LogP contribution >= 0.6 is 11.3 Å². The van der Waals surface area contributed by atoms with Gasteiger partial charge in [0.25, 0.3) is 0 Å². The number of nitrogens with zero attached hydrogens (tertiary/aromatic N) is 4. The molecule has 0 fully saturated rings. The van der Waals surface area contributed by atoms with E-state index in [1.54, 1.807) is 13.8 Å². The average molecular weight is 444 g/mol. The van der Waals surface area contributed by atoms with Crippen LogP contribution in [-0.4, -0.2) is 20.6 Å². The van der Waals surface area contributed by atoms with Crippen molar-refractivity contribution in [1.82, 2.24) is 9.78 Å². The van der Waals surface area contributed by atoms with Gasteiger partial charge in [-0.3, -0.25) is 19.6 Å². The van der Waals surface area contributed by atoms with Gasteiger partial charge in [-0.05, 0) is 45.1 Å². The van der Waals surface area contributed by atoms with E-state index in [2.05, 4.69) is 16.5 Å². The predicted molar refractivity (Wildman–Crippen MR) is 120 cm³/mol. The Morgan fingerprint density at radius 2 is 1.77 bits per heavy atom. The van der Waals surface area contributed by atoms with E-state index in [4.69, 9.17) is 0 Å². The Morgan fingerprint density at radius 1 is 1.16 bits per heavy atom. The van der Waals surface area contributed by atoms with Gasteiger partial charge >= 0.3 is 5.69 Å². The quantitative estimate of drug-likeness (QED) is 0.515. The molecule has 0 atom stereocenters. The molecule has 8 nitrogen and oxygen atoms in total. The zero-order valence-corrected chi connectivity index (χ0v) is 19.0. The van der Waals surface area contributed by atoms with Crippen molar-refractivity contribution in [1.29, 1.82) is 5.26 Å². The third-order valence-corrected chi connectivity index (χ3v) is 7.06. The van der Waals surface area contributed by atoms with E-state index in [0.717, 1.165) is 31.2 Å². The Hall–Kier alpha value is -2.73. The van der Waals surface area contributed by atoms with E-state index < -0.39 is 4.92 Å². The SMILES string of the molecule is Cc1nn(CC(=O)Nc2sc3c(c2C#N)CCCCCCCCCC3)c(C)c1[N+](=O)[O-]. The second kappa shape index (κ2) is 10.5. The van der Waals surface area contributed by atoms with Crippen LogP contribution in [0.25, 0.3) is 0 Å². The largest absolute Gasteiger partial charge is 0.315 e. The van der Waals surface area contributed by atoms with Crippen LogP contribution in [0.4, 0.5) is 10.7 Å². The number of carbonyl (C=O) groups is 1. The fourth-order valence-electron chi connectivity index (χ4n) is 4.24. The average Bonchev–Trinajstić information content (AvgIpc) is 3.17. The maximum atomic E-state index is 12.7. The summed E-state index contributed by atoms with van der Waals surface area (Å²) in [5.74, 6) is -0.339. The molecule has 0 saturated carbocycles. The van der Waals surface area contributed by atoms with Gasteiger partial charge in [0.1, 0.15) is 29.0 Å². The van der Waals surface area contributed by atoms with Crippen molar-refractivity contribution in [3.8, 4) is 6.07 Å². The predicted octanol–water partition coefficient (Wildman–Crippen LogP) is 5.20. The van der Waals surface area contributed by atoms with Crippen molar-refractivity contribution in [2.45, 2.75) is 84.6 Å². The van der Waals surface area contributed by atoms with Gasteiger partial charge in [0.05, 0.1) is 10.5 Å². The van der Waals surface area contributed by atoms with Crippen LogP contribution in [0.15, 0.2) is 0 Å². The molecule has 1 N–H and O–H groups in total. The van der Waals surface area contributed by atoms with E-state index in [-0.39, 0.29) is 23.8 Å². The molecule has 3 rings (SSSR count). The maximum absolute atomic E-state index is 12.7. The Kier molecular flexibility index (Phi) is 7.80. The number of aromatic nitrogens is 2. The summed E-state index contributed by atoms with van der Waals surface area (Å²) in [7, 11) is 0. The van der Waals surface area contributed by atoms with Gasteiger partial charge in [-0.15, -0.1) is 11.3 Å². The van der Waals surface area contributed by atoms with Crippen molar-refractivity contribution < 1.29 is 9.72 Å². The first-order chi connectivity index (χ1) is 14.9. The Morgan fingerprint density at radius 3 is 2.35 bits per heavy atom. The molecule has 0 bridgehead atoms. The number of nitrogens with one attached hydrogen (secondary N) is 1. The van der Waals surface area contributed by atoms with Crippen LogP contribution in [-0.2, 0) is 24.2 Å². The number of nitriles is 1. The first-order valence-electron chi connectivity index (χ1n) is 10.9. The Balaban J connectivity index is 1.79. The summed E-state index contributed by atoms with van der Waals surface area (Å²) in [5.41, 5.74) is 2.22. The van der Waals surface area contributed by atoms with Gasteiger partial charge in [-0.1, -0.05) is 38.5 Å². The summed E-state index contributed by atoms with van der Waals surface area (Å²) in [5, 5.41) is 28.6. The van der Waals surface area contributed by atoms with Crippen molar-refractivity contribution in [2.24, 2.45) is 0 Å². The highest BCUT2D eigenvalue weighted by Gasteiger charge is 2.24. The molecule has 0 aliphatic heterocycles. The normalized spacial score (nSPS) is 15.3. The van der Waals surface area contributed by atoms with Gasteiger partial charge in [0.2, 0.25) is 5.91 Å². The minimum absolute atomic E-state index is 0.0661. The van der Waals surface area contributed by atoms with Crippen LogP contribution in [0.5, 0.6) is 0 Å². The molecule has 1 amide bonds. The van der Waals surface area contributed by atoms with Crippen LogP contribution in [0.3, 0.4) is 0 Å². The third-order valence-electron chi connectivity index (χ3n) is 5.86. The van der Waals surface area contributed by atoms with Crippen molar-refractivity contribution >= 4 is 27.9 Å². The minimum atomic E-state index is -0.477. The number of fused-ring (bicyclic) bond motifs is 1. The molecule has 166 valence electrons. The maximum Gasteiger partial charge on any atom is 0.312 e. The minimum Gasteiger partial charge on any atom is -0.315 e. The highest BCUT2D eigenvalue weighted by atomic mass is 32.1. The lowest BCUT2D eigenvalue weighted by Gasteiger charge is -2.08. The molecule has 0 radical (unpaired) electrons. The number of anilines is 1. The number of hydrogen-bond donors (Lipinski definition) is 1. The second-order valence-electron chi connectivity index (χ2n) is 8.13. The molecule has 0 spiro atoms. The van der Waals surface area contributed by atoms with Gasteiger partial charge in [0, 0.05) is 4.88 Å². The topological polar surface area (TPSA) is 114 Å². The lowest BCUT2D eigenvalue weighted by molar-refractivity contribution is -0.386. The Bertz CT molecular complexity index is 1000. The first kappa shape index (κ1) is 22.9. The van der Waals surface area contributed by atoms with E-state index >= 15 is 0 Å². The summed E-state index contributed by atoms with van der Waals surface area (Å²) in [6.45, 7) is 3.01. The van der Waals surface area contributed by atoms with Crippen LogP contribution in [0.1, 0.15) is 78.8 Å². The summed E-state index contributed by atoms with van der Waals surface area (Å²) in [6.07, 6.45) is 11.4. The molecular weight excluding hydrogens is 414 g/mol. The number of thiophene rings is 1. The van der Waals surface area contributed by atoms with Crippen LogP contribution in [0, 0.1) is 35.3 Å². The molecule has 0 unspecified atom stereocenters. The highest BCUT2D eigenvalue weighted by Crippen LogP contribution is 2.36. The number of nitro groups is 1. The molecule has 9 heteroatoms.